The van der Waals surface area contributed by atoms with Crippen LogP contribution in [0.2, 0.25) is 0 Å². The standard InChI is InChI=1S/C30H33N3O3S/c1-2-3-4-11-20-36-26-18-16-25(17-19-26)31-29(35)27-21-28(34)33(22-23-12-7-5-8-13-23)30(37-27)32-24-14-9-6-10-15-24/h5-10,12-19,27H,2-4,11,20-22H2,1H3,(H,31,35). The fraction of sp³-hybridized carbons (Fsp3) is 0.300. The minimum atomic E-state index is -0.573. The van der Waals surface area contributed by atoms with Gasteiger partial charge in [0.15, 0.2) is 5.17 Å². The summed E-state index contributed by atoms with van der Waals surface area (Å²) in [4.78, 5) is 32.8. The number of carbonyl (C=O) groups is 2. The van der Waals surface area contributed by atoms with Crippen LogP contribution in [0.15, 0.2) is 89.9 Å². The Labute approximate surface area is 223 Å². The molecule has 0 saturated carbocycles. The summed E-state index contributed by atoms with van der Waals surface area (Å²) in [5.41, 5.74) is 2.42. The van der Waals surface area contributed by atoms with E-state index in [-0.39, 0.29) is 18.2 Å². The second-order valence-electron chi connectivity index (χ2n) is 8.93. The van der Waals surface area contributed by atoms with Crippen LogP contribution in [0.4, 0.5) is 11.4 Å². The molecule has 1 atom stereocenters. The van der Waals surface area contributed by atoms with E-state index in [1.165, 1.54) is 31.0 Å². The Hall–Kier alpha value is -3.58. The first-order valence-corrected chi connectivity index (χ1v) is 13.7. The second-order valence-corrected chi connectivity index (χ2v) is 10.1. The van der Waals surface area contributed by atoms with Crippen LogP contribution in [0.1, 0.15) is 44.6 Å². The Morgan fingerprint density at radius 3 is 2.38 bits per heavy atom. The number of benzene rings is 3. The number of unbranched alkanes of at least 4 members (excludes halogenated alkanes) is 3. The van der Waals surface area contributed by atoms with Crippen LogP contribution < -0.4 is 10.1 Å². The van der Waals surface area contributed by atoms with Crippen LogP contribution in [0.5, 0.6) is 5.75 Å². The van der Waals surface area contributed by atoms with Crippen LogP contribution in [0.3, 0.4) is 0 Å². The summed E-state index contributed by atoms with van der Waals surface area (Å²) in [6.45, 7) is 3.29. The van der Waals surface area contributed by atoms with Crippen molar-refractivity contribution in [3.63, 3.8) is 0 Å². The number of carbonyl (C=O) groups excluding carboxylic acids is 2. The van der Waals surface area contributed by atoms with Crippen molar-refractivity contribution in [2.24, 2.45) is 4.99 Å². The smallest absolute Gasteiger partial charge is 0.238 e. The SMILES string of the molecule is CCCCCCOc1ccc(NC(=O)C2CC(=O)N(Cc3ccccc3)C(=Nc3ccccc3)S2)cc1. The number of aliphatic imine (C=N–C) groups is 1. The molecule has 1 unspecified atom stereocenters. The number of anilines is 1. The summed E-state index contributed by atoms with van der Waals surface area (Å²) >= 11 is 1.32. The highest BCUT2D eigenvalue weighted by Gasteiger charge is 2.36. The second kappa shape index (κ2) is 13.7. The number of amides is 2. The summed E-state index contributed by atoms with van der Waals surface area (Å²) in [6, 6.07) is 26.7. The van der Waals surface area contributed by atoms with Gasteiger partial charge in [0.05, 0.1) is 18.8 Å². The van der Waals surface area contributed by atoms with E-state index in [0.29, 0.717) is 24.0 Å². The van der Waals surface area contributed by atoms with Gasteiger partial charge >= 0.3 is 0 Å². The van der Waals surface area contributed by atoms with Crippen molar-refractivity contribution in [3.05, 3.63) is 90.5 Å². The number of hydrogen-bond donors (Lipinski definition) is 1. The minimum Gasteiger partial charge on any atom is -0.494 e. The van der Waals surface area contributed by atoms with Crippen molar-refractivity contribution >= 4 is 40.1 Å². The van der Waals surface area contributed by atoms with Crippen LogP contribution in [0, 0.1) is 0 Å². The molecule has 3 aromatic carbocycles. The normalized spacial score (nSPS) is 16.6. The topological polar surface area (TPSA) is 71.0 Å². The lowest BCUT2D eigenvalue weighted by Gasteiger charge is -2.32. The first-order chi connectivity index (χ1) is 18.1. The molecule has 2 amide bonds. The van der Waals surface area contributed by atoms with E-state index in [0.717, 1.165) is 23.4 Å². The molecule has 1 saturated heterocycles. The molecule has 192 valence electrons. The Kier molecular flexibility index (Phi) is 9.77. The van der Waals surface area contributed by atoms with E-state index < -0.39 is 5.25 Å². The van der Waals surface area contributed by atoms with Gasteiger partial charge in [0.2, 0.25) is 11.8 Å². The Bertz CT molecular complexity index is 1180. The third-order valence-corrected chi connectivity index (χ3v) is 7.17. The van der Waals surface area contributed by atoms with Crippen molar-refractivity contribution < 1.29 is 14.3 Å². The van der Waals surface area contributed by atoms with Crippen LogP contribution >= 0.6 is 11.8 Å². The molecule has 1 aliphatic heterocycles. The third kappa shape index (κ3) is 7.95. The molecule has 6 nitrogen and oxygen atoms in total. The van der Waals surface area contributed by atoms with E-state index in [1.54, 1.807) is 4.90 Å². The molecule has 3 aromatic rings. The average Bonchev–Trinajstić information content (AvgIpc) is 2.92. The highest BCUT2D eigenvalue weighted by atomic mass is 32.2. The fourth-order valence-electron chi connectivity index (χ4n) is 3.95. The van der Waals surface area contributed by atoms with Gasteiger partial charge in [0, 0.05) is 12.1 Å². The number of nitrogens with one attached hydrogen (secondary N) is 1. The first-order valence-electron chi connectivity index (χ1n) is 12.8. The van der Waals surface area contributed by atoms with Crippen molar-refractivity contribution in [1.29, 1.82) is 0 Å². The molecule has 0 radical (unpaired) electrons. The van der Waals surface area contributed by atoms with Gasteiger partial charge in [0.1, 0.15) is 11.0 Å². The number of nitrogens with zero attached hydrogens (tertiary/aromatic N) is 2. The molecular formula is C30H33N3O3S. The first kappa shape index (κ1) is 26.5. The van der Waals surface area contributed by atoms with Gasteiger partial charge in [-0.3, -0.25) is 14.5 Å². The third-order valence-electron chi connectivity index (χ3n) is 5.98. The van der Waals surface area contributed by atoms with Gasteiger partial charge in [0.25, 0.3) is 0 Å². The summed E-state index contributed by atoms with van der Waals surface area (Å²) in [7, 11) is 0. The lowest BCUT2D eigenvalue weighted by molar-refractivity contribution is -0.129. The van der Waals surface area contributed by atoms with Crippen molar-refractivity contribution in [2.75, 3.05) is 11.9 Å². The molecule has 1 fully saturated rings. The molecule has 1 aliphatic rings. The lowest BCUT2D eigenvalue weighted by atomic mass is 10.2. The predicted molar refractivity (Wildman–Crippen MR) is 151 cm³/mol. The van der Waals surface area contributed by atoms with Crippen LogP contribution in [0.25, 0.3) is 0 Å². The predicted octanol–water partition coefficient (Wildman–Crippen LogP) is 6.81. The molecule has 4 rings (SSSR count). The van der Waals surface area contributed by atoms with Gasteiger partial charge in [-0.05, 0) is 48.4 Å². The largest absolute Gasteiger partial charge is 0.494 e. The van der Waals surface area contributed by atoms with E-state index in [9.17, 15) is 9.59 Å². The van der Waals surface area contributed by atoms with Crippen molar-refractivity contribution in [2.45, 2.75) is 50.8 Å². The van der Waals surface area contributed by atoms with Gasteiger partial charge < -0.3 is 10.1 Å². The van der Waals surface area contributed by atoms with Gasteiger partial charge in [-0.15, -0.1) is 0 Å². The summed E-state index contributed by atoms with van der Waals surface area (Å²) < 4.78 is 5.79. The van der Waals surface area contributed by atoms with Crippen LogP contribution in [-0.2, 0) is 16.1 Å². The number of hydrogen-bond acceptors (Lipinski definition) is 5. The van der Waals surface area contributed by atoms with Crippen molar-refractivity contribution in [3.8, 4) is 5.75 Å². The van der Waals surface area contributed by atoms with E-state index in [2.05, 4.69) is 12.2 Å². The molecular weight excluding hydrogens is 482 g/mol. The highest BCUT2D eigenvalue weighted by molar-refractivity contribution is 8.15. The maximum Gasteiger partial charge on any atom is 0.238 e. The Morgan fingerprint density at radius 1 is 0.973 bits per heavy atom. The zero-order valence-corrected chi connectivity index (χ0v) is 22.0. The maximum atomic E-state index is 13.2. The van der Waals surface area contributed by atoms with E-state index >= 15 is 0 Å². The number of thioether (sulfide) groups is 1. The average molecular weight is 516 g/mol. The summed E-state index contributed by atoms with van der Waals surface area (Å²) in [5, 5.41) is 2.90. The molecule has 7 heteroatoms. The van der Waals surface area contributed by atoms with Gasteiger partial charge in [-0.25, -0.2) is 4.99 Å². The molecule has 1 heterocycles. The fourth-order valence-corrected chi connectivity index (χ4v) is 5.05. The monoisotopic (exact) mass is 515 g/mol. The summed E-state index contributed by atoms with van der Waals surface area (Å²) in [6.07, 6.45) is 4.73. The van der Waals surface area contributed by atoms with Gasteiger partial charge in [-0.2, -0.15) is 0 Å². The quantitative estimate of drug-likeness (QED) is 0.285. The molecule has 0 aromatic heterocycles. The molecule has 0 bridgehead atoms. The number of amidine groups is 1. The Morgan fingerprint density at radius 2 is 1.68 bits per heavy atom. The zero-order chi connectivity index (χ0) is 25.9. The number of ether oxygens (including phenoxy) is 1. The Balaban J connectivity index is 1.42. The van der Waals surface area contributed by atoms with Crippen LogP contribution in [-0.4, -0.2) is 33.7 Å². The lowest BCUT2D eigenvalue weighted by Crippen LogP contribution is -2.44. The molecule has 1 N–H and O–H groups in total. The minimum absolute atomic E-state index is 0.107. The molecule has 37 heavy (non-hydrogen) atoms. The highest BCUT2D eigenvalue weighted by Crippen LogP contribution is 2.31. The number of rotatable bonds is 11. The number of para-hydroxylation sites is 1. The van der Waals surface area contributed by atoms with Crippen molar-refractivity contribution in [1.82, 2.24) is 4.90 Å². The summed E-state index contributed by atoms with van der Waals surface area (Å²) in [5.74, 6) is 0.446. The zero-order valence-electron chi connectivity index (χ0n) is 21.1. The molecule has 0 spiro atoms. The molecule has 0 aliphatic carbocycles. The van der Waals surface area contributed by atoms with E-state index in [4.69, 9.17) is 9.73 Å². The van der Waals surface area contributed by atoms with E-state index in [1.807, 2.05) is 84.9 Å². The maximum absolute atomic E-state index is 13.2. The van der Waals surface area contributed by atoms with Gasteiger partial charge in [-0.1, -0.05) is 86.5 Å².